The van der Waals surface area contributed by atoms with E-state index in [1.807, 2.05) is 13.0 Å². The van der Waals surface area contributed by atoms with Gasteiger partial charge in [-0.05, 0) is 81.7 Å². The van der Waals surface area contributed by atoms with Crippen LogP contribution in [0.2, 0.25) is 10.0 Å². The van der Waals surface area contributed by atoms with Gasteiger partial charge in [-0.3, -0.25) is 14.7 Å². The largest absolute Gasteiger partial charge is 0.505 e. The second kappa shape index (κ2) is 10.1. The van der Waals surface area contributed by atoms with E-state index in [1.54, 1.807) is 25.3 Å². The second-order valence-corrected chi connectivity index (χ2v) is 10.3. The molecule has 1 aliphatic carbocycles. The highest BCUT2D eigenvalue weighted by Crippen LogP contribution is 2.41. The van der Waals surface area contributed by atoms with Crippen LogP contribution < -0.4 is 4.90 Å². The van der Waals surface area contributed by atoms with Gasteiger partial charge in [-0.2, -0.15) is 0 Å². The zero-order valence-electron chi connectivity index (χ0n) is 20.2. The van der Waals surface area contributed by atoms with E-state index in [0.717, 1.165) is 46.1 Å². The summed E-state index contributed by atoms with van der Waals surface area (Å²) < 4.78 is 0. The second-order valence-electron chi connectivity index (χ2n) is 9.53. The van der Waals surface area contributed by atoms with Crippen LogP contribution in [0.1, 0.15) is 54.9 Å². The Labute approximate surface area is 211 Å². The first-order valence-electron chi connectivity index (χ1n) is 11.7. The monoisotopic (exact) mass is 499 g/mol. The number of aromatic nitrogens is 1. The van der Waals surface area contributed by atoms with Gasteiger partial charge < -0.3 is 10.0 Å². The average molecular weight is 500 g/mol. The number of nitrogens with zero attached hydrogens (tertiary/aromatic N) is 3. The van der Waals surface area contributed by atoms with Crippen LogP contribution in [-0.2, 0) is 0 Å². The van der Waals surface area contributed by atoms with Gasteiger partial charge >= 0.3 is 0 Å². The smallest absolute Gasteiger partial charge is 0.163 e. The van der Waals surface area contributed by atoms with Crippen molar-refractivity contribution in [3.63, 3.8) is 0 Å². The molecule has 1 aliphatic rings. The number of halogens is 2. The molecule has 1 saturated carbocycles. The molecule has 0 spiro atoms. The Morgan fingerprint density at radius 1 is 1.09 bits per heavy atom. The summed E-state index contributed by atoms with van der Waals surface area (Å²) in [5.74, 6) is -0.122. The van der Waals surface area contributed by atoms with Crippen LogP contribution in [-0.4, -0.2) is 47.6 Å². The lowest BCUT2D eigenvalue weighted by atomic mass is 9.91. The van der Waals surface area contributed by atoms with Crippen LogP contribution in [0.5, 0.6) is 5.75 Å². The molecule has 0 amide bonds. The van der Waals surface area contributed by atoms with Gasteiger partial charge in [-0.15, -0.1) is 0 Å². The molecule has 0 atom stereocenters. The molecule has 1 fully saturated rings. The molecule has 0 radical (unpaired) electrons. The van der Waals surface area contributed by atoms with E-state index in [-0.39, 0.29) is 21.6 Å². The average Bonchev–Trinajstić information content (AvgIpc) is 2.80. The predicted molar refractivity (Wildman–Crippen MR) is 142 cm³/mol. The highest BCUT2D eigenvalue weighted by atomic mass is 35.5. The van der Waals surface area contributed by atoms with Crippen molar-refractivity contribution in [2.45, 2.75) is 52.0 Å². The molecule has 7 heteroatoms. The maximum atomic E-state index is 12.8. The third kappa shape index (κ3) is 4.88. The summed E-state index contributed by atoms with van der Waals surface area (Å²) in [5, 5.41) is 11.4. The van der Waals surface area contributed by atoms with Crippen LogP contribution in [0.3, 0.4) is 0 Å². The molecular weight excluding hydrogens is 469 g/mol. The number of benzene rings is 2. The van der Waals surface area contributed by atoms with E-state index >= 15 is 0 Å². The number of ketones is 1. The highest BCUT2D eigenvalue weighted by molar-refractivity contribution is 6.37. The molecule has 5 nitrogen and oxygen atoms in total. The molecule has 2 aromatic carbocycles. The lowest BCUT2D eigenvalue weighted by Crippen LogP contribution is -2.43. The van der Waals surface area contributed by atoms with Crippen molar-refractivity contribution >= 4 is 45.6 Å². The lowest BCUT2D eigenvalue weighted by molar-refractivity contribution is 0.101. The number of carbonyl (C=O) groups excluding carboxylic acids is 1. The summed E-state index contributed by atoms with van der Waals surface area (Å²) in [7, 11) is 4.12. The van der Waals surface area contributed by atoms with Crippen molar-refractivity contribution in [1.82, 2.24) is 9.88 Å². The molecule has 3 aromatic rings. The number of carbonyl (C=O) groups is 1. The van der Waals surface area contributed by atoms with Crippen molar-refractivity contribution in [2.75, 3.05) is 25.7 Å². The Morgan fingerprint density at radius 3 is 2.32 bits per heavy atom. The van der Waals surface area contributed by atoms with Gasteiger partial charge in [0, 0.05) is 17.6 Å². The van der Waals surface area contributed by atoms with Crippen molar-refractivity contribution in [1.29, 1.82) is 0 Å². The normalized spacial score (nSPS) is 14.7. The standard InChI is InChI=1S/C27H31Cl2N3O2/c1-16-10-25-21(13-20(16)18-11-23(28)27(34)24(29)12-18)26(22(14-30-25)17(2)33)32(15-31(3)4)19-8-6-5-7-9-19/h10-14,19,34H,5-9,15H2,1-4H3. The number of Topliss-reactive ketones (excluding diaryl/α,β-unsaturated/α-hetero) is 1. The number of phenols is 1. The maximum Gasteiger partial charge on any atom is 0.163 e. The molecule has 34 heavy (non-hydrogen) atoms. The Hall–Kier alpha value is -2.34. The molecule has 1 heterocycles. The molecule has 180 valence electrons. The van der Waals surface area contributed by atoms with Crippen LogP contribution >= 0.6 is 23.2 Å². The Balaban J connectivity index is 1.99. The van der Waals surface area contributed by atoms with E-state index < -0.39 is 0 Å². The first-order valence-corrected chi connectivity index (χ1v) is 12.5. The minimum Gasteiger partial charge on any atom is -0.505 e. The molecule has 4 rings (SSSR count). The Morgan fingerprint density at radius 2 is 1.74 bits per heavy atom. The number of anilines is 1. The summed E-state index contributed by atoms with van der Waals surface area (Å²) in [6.07, 6.45) is 7.59. The SMILES string of the molecule is CC(=O)c1cnc2cc(C)c(-c3cc(Cl)c(O)c(Cl)c3)cc2c1N(CN(C)C)C1CCCCC1. The van der Waals surface area contributed by atoms with Gasteiger partial charge in [0.05, 0.1) is 33.5 Å². The topological polar surface area (TPSA) is 56.7 Å². The summed E-state index contributed by atoms with van der Waals surface area (Å²) in [6, 6.07) is 7.93. The summed E-state index contributed by atoms with van der Waals surface area (Å²) in [4.78, 5) is 22.0. The Kier molecular flexibility index (Phi) is 7.36. The van der Waals surface area contributed by atoms with Crippen molar-refractivity contribution < 1.29 is 9.90 Å². The predicted octanol–water partition coefficient (Wildman–Crippen LogP) is 7.08. The summed E-state index contributed by atoms with van der Waals surface area (Å²) >= 11 is 12.5. The van der Waals surface area contributed by atoms with E-state index in [4.69, 9.17) is 23.2 Å². The third-order valence-corrected chi connectivity index (χ3v) is 7.21. The minimum absolute atomic E-state index is 0.00168. The molecule has 1 N–H and O–H groups in total. The van der Waals surface area contributed by atoms with E-state index in [2.05, 4.69) is 34.9 Å². The fraction of sp³-hybridized carbons (Fsp3) is 0.407. The number of pyridine rings is 1. The van der Waals surface area contributed by atoms with Crippen LogP contribution in [0.15, 0.2) is 30.5 Å². The van der Waals surface area contributed by atoms with Crippen LogP contribution in [0, 0.1) is 6.92 Å². The Bertz CT molecular complexity index is 1210. The lowest BCUT2D eigenvalue weighted by Gasteiger charge is -2.39. The molecule has 0 unspecified atom stereocenters. The number of hydrogen-bond donors (Lipinski definition) is 1. The number of fused-ring (bicyclic) bond motifs is 1. The van der Waals surface area contributed by atoms with Crippen LogP contribution in [0.4, 0.5) is 5.69 Å². The van der Waals surface area contributed by atoms with Gasteiger partial charge in [0.15, 0.2) is 11.5 Å². The van der Waals surface area contributed by atoms with Gasteiger partial charge in [-0.1, -0.05) is 42.5 Å². The molecule has 0 bridgehead atoms. The quantitative estimate of drug-likeness (QED) is 0.290. The van der Waals surface area contributed by atoms with E-state index in [1.165, 1.54) is 19.3 Å². The van der Waals surface area contributed by atoms with Crippen molar-refractivity contribution in [3.05, 3.63) is 51.6 Å². The van der Waals surface area contributed by atoms with Gasteiger partial charge in [0.1, 0.15) is 0 Å². The molecule has 1 aromatic heterocycles. The fourth-order valence-electron chi connectivity index (χ4n) is 4.99. The molecule has 0 aliphatic heterocycles. The van der Waals surface area contributed by atoms with Crippen molar-refractivity contribution in [3.8, 4) is 16.9 Å². The maximum absolute atomic E-state index is 12.8. The minimum atomic E-state index is -0.124. The summed E-state index contributed by atoms with van der Waals surface area (Å²) in [6.45, 7) is 4.34. The number of aromatic hydroxyl groups is 1. The zero-order chi connectivity index (χ0) is 24.6. The zero-order valence-corrected chi connectivity index (χ0v) is 21.7. The van der Waals surface area contributed by atoms with Gasteiger partial charge in [0.25, 0.3) is 0 Å². The first kappa shape index (κ1) is 24.8. The number of rotatable bonds is 6. The molecule has 0 saturated heterocycles. The first-order chi connectivity index (χ1) is 16.2. The van der Waals surface area contributed by atoms with Gasteiger partial charge in [0.2, 0.25) is 0 Å². The third-order valence-electron chi connectivity index (χ3n) is 6.63. The van der Waals surface area contributed by atoms with Crippen molar-refractivity contribution in [2.24, 2.45) is 0 Å². The van der Waals surface area contributed by atoms with E-state index in [0.29, 0.717) is 18.3 Å². The highest BCUT2D eigenvalue weighted by Gasteiger charge is 2.27. The number of hydrogen-bond acceptors (Lipinski definition) is 5. The van der Waals surface area contributed by atoms with Gasteiger partial charge in [-0.25, -0.2) is 0 Å². The number of phenolic OH excluding ortho intramolecular Hbond substituents is 1. The summed E-state index contributed by atoms with van der Waals surface area (Å²) in [5.41, 5.74) is 5.18. The molecular formula is C27H31Cl2N3O2. The van der Waals surface area contributed by atoms with Crippen LogP contribution in [0.25, 0.3) is 22.0 Å². The van der Waals surface area contributed by atoms with E-state index in [9.17, 15) is 9.90 Å². The number of aryl methyl sites for hydroxylation is 1. The fourth-order valence-corrected chi connectivity index (χ4v) is 5.48.